The molecular weight excluding hydrogens is 108 g/mol. The van der Waals surface area contributed by atoms with Crippen LogP contribution in [0.4, 0.5) is 0 Å². The quantitative estimate of drug-likeness (QED) is 0.527. The highest BCUT2D eigenvalue weighted by Gasteiger charge is 1.88. The molecule has 0 aromatic rings. The minimum Gasteiger partial charge on any atom is -0.481 e. The van der Waals surface area contributed by atoms with Gasteiger partial charge in [-0.3, -0.25) is 4.79 Å². The van der Waals surface area contributed by atoms with Crippen LogP contribution in [0.25, 0.3) is 0 Å². The maximum Gasteiger partial charge on any atom is 0.270 e. The molecule has 3 heteroatoms. The molecule has 0 saturated heterocycles. The molecule has 0 bridgehead atoms. The number of rotatable bonds is 2. The number of aliphatic hydroxyl groups excluding tert-OH is 1. The summed E-state index contributed by atoms with van der Waals surface area (Å²) in [5.74, 6) is -0.884. The average molecular weight is 116 g/mol. The van der Waals surface area contributed by atoms with Crippen LogP contribution in [-0.2, 0) is 4.79 Å². The fourth-order valence-corrected chi connectivity index (χ4v) is 0.235. The normalized spacial score (nSPS) is 8.12. The summed E-state index contributed by atoms with van der Waals surface area (Å²) in [6, 6.07) is 0. The first kappa shape index (κ1) is 7.01. The van der Waals surface area contributed by atoms with Gasteiger partial charge in [0, 0.05) is 12.5 Å². The lowest BCUT2D eigenvalue weighted by Crippen LogP contribution is -1.86. The lowest BCUT2D eigenvalue weighted by atomic mass is 10.3. The Morgan fingerprint density at radius 1 is 1.62 bits per heavy atom. The van der Waals surface area contributed by atoms with Gasteiger partial charge in [-0.2, -0.15) is 0 Å². The van der Waals surface area contributed by atoms with Gasteiger partial charge in [-0.05, 0) is 6.92 Å². The monoisotopic (exact) mass is 116 g/mol. The molecule has 46 valence electrons. The Labute approximate surface area is 47.3 Å². The predicted octanol–water partition coefficient (Wildman–Crippen LogP) is 0.923. The smallest absolute Gasteiger partial charge is 0.270 e. The minimum atomic E-state index is -0.791. The lowest BCUT2D eigenvalue weighted by Gasteiger charge is -1.84. The number of hydrogen-bond donors (Lipinski definition) is 2. The van der Waals surface area contributed by atoms with Crippen LogP contribution in [-0.4, -0.2) is 16.0 Å². The molecule has 8 heavy (non-hydrogen) atoms. The molecule has 0 aromatic heterocycles. The number of aliphatic hydroxyl groups is 2. The van der Waals surface area contributed by atoms with Crippen molar-refractivity contribution < 1.29 is 15.0 Å². The number of Topliss-reactive ketones (excluding diaryl/α,β-unsaturated/α-hetero) is 1. The van der Waals surface area contributed by atoms with Crippen LogP contribution in [0.15, 0.2) is 12.0 Å². The Kier molecular flexibility index (Phi) is 2.69. The highest BCUT2D eigenvalue weighted by molar-refractivity contribution is 5.76. The van der Waals surface area contributed by atoms with Crippen LogP contribution in [0.1, 0.15) is 13.3 Å². The van der Waals surface area contributed by atoms with Gasteiger partial charge >= 0.3 is 0 Å². The van der Waals surface area contributed by atoms with Gasteiger partial charge in [-0.1, -0.05) is 0 Å². The van der Waals surface area contributed by atoms with E-state index in [2.05, 4.69) is 0 Å². The number of allylic oxidation sites excluding steroid dienone is 1. The number of carbonyl (C=O) groups excluding carboxylic acids is 1. The molecule has 0 saturated carbocycles. The van der Waals surface area contributed by atoms with Gasteiger partial charge in [0.15, 0.2) is 0 Å². The zero-order chi connectivity index (χ0) is 6.57. The van der Waals surface area contributed by atoms with E-state index in [1.165, 1.54) is 6.92 Å². The molecule has 0 aromatic carbocycles. The Balaban J connectivity index is 3.45. The molecular formula is C5H8O3. The van der Waals surface area contributed by atoms with Gasteiger partial charge in [-0.15, -0.1) is 0 Å². The van der Waals surface area contributed by atoms with Crippen molar-refractivity contribution in [3.63, 3.8) is 0 Å². The Hall–Kier alpha value is -0.990. The third-order valence-electron chi connectivity index (χ3n) is 0.572. The van der Waals surface area contributed by atoms with Crippen molar-refractivity contribution in [2.24, 2.45) is 0 Å². The second-order valence-electron chi connectivity index (χ2n) is 1.47. The third-order valence-corrected chi connectivity index (χ3v) is 0.572. The van der Waals surface area contributed by atoms with E-state index in [4.69, 9.17) is 10.2 Å². The summed E-state index contributed by atoms with van der Waals surface area (Å²) < 4.78 is 0. The van der Waals surface area contributed by atoms with Crippen molar-refractivity contribution in [1.29, 1.82) is 0 Å². The van der Waals surface area contributed by atoms with E-state index in [0.29, 0.717) is 0 Å². The summed E-state index contributed by atoms with van der Waals surface area (Å²) >= 11 is 0. The predicted molar refractivity (Wildman–Crippen MR) is 28.6 cm³/mol. The van der Waals surface area contributed by atoms with Crippen LogP contribution in [0.5, 0.6) is 0 Å². The highest BCUT2D eigenvalue weighted by atomic mass is 16.5. The summed E-state index contributed by atoms with van der Waals surface area (Å²) in [5, 5.41) is 16.1. The van der Waals surface area contributed by atoms with Crippen LogP contribution >= 0.6 is 0 Å². The van der Waals surface area contributed by atoms with Crippen LogP contribution in [0.2, 0.25) is 0 Å². The van der Waals surface area contributed by atoms with Crippen molar-refractivity contribution in [3.05, 3.63) is 12.0 Å². The molecule has 0 aliphatic rings. The number of hydrogen-bond acceptors (Lipinski definition) is 3. The van der Waals surface area contributed by atoms with E-state index in [0.717, 1.165) is 6.08 Å². The zero-order valence-corrected chi connectivity index (χ0v) is 4.59. The van der Waals surface area contributed by atoms with Crippen molar-refractivity contribution in [1.82, 2.24) is 0 Å². The first-order chi connectivity index (χ1) is 3.63. The van der Waals surface area contributed by atoms with Crippen LogP contribution < -0.4 is 0 Å². The summed E-state index contributed by atoms with van der Waals surface area (Å²) in [5.41, 5.74) is 0. The number of ketones is 1. The molecule has 3 nitrogen and oxygen atoms in total. The summed E-state index contributed by atoms with van der Waals surface area (Å²) in [6.07, 6.45) is 1.13. The topological polar surface area (TPSA) is 57.5 Å². The standard InChI is InChI=1S/C5H8O3/c1-4(6)2-3-5(7)8/h3,7-8H,2H2,1H3. The molecule has 0 amide bonds. The van der Waals surface area contributed by atoms with Crippen molar-refractivity contribution in [2.75, 3.05) is 0 Å². The second-order valence-corrected chi connectivity index (χ2v) is 1.47. The van der Waals surface area contributed by atoms with Crippen LogP contribution in [0.3, 0.4) is 0 Å². The molecule has 0 fully saturated rings. The Morgan fingerprint density at radius 2 is 2.12 bits per heavy atom. The second kappa shape index (κ2) is 3.07. The molecule has 0 spiro atoms. The zero-order valence-electron chi connectivity index (χ0n) is 4.59. The van der Waals surface area contributed by atoms with Crippen molar-refractivity contribution in [2.45, 2.75) is 13.3 Å². The molecule has 0 rings (SSSR count). The summed E-state index contributed by atoms with van der Waals surface area (Å²) in [6.45, 7) is 1.37. The fraction of sp³-hybridized carbons (Fsp3) is 0.400. The van der Waals surface area contributed by atoms with E-state index in [-0.39, 0.29) is 12.2 Å². The molecule has 0 aliphatic carbocycles. The molecule has 0 radical (unpaired) electrons. The van der Waals surface area contributed by atoms with E-state index in [1.807, 2.05) is 0 Å². The minimum absolute atomic E-state index is 0.0856. The average Bonchev–Trinajstić information content (AvgIpc) is 1.61. The molecule has 0 heterocycles. The van der Waals surface area contributed by atoms with Crippen LogP contribution in [0, 0.1) is 0 Å². The number of carbonyl (C=O) groups is 1. The summed E-state index contributed by atoms with van der Waals surface area (Å²) in [4.78, 5) is 10.1. The van der Waals surface area contributed by atoms with Gasteiger partial charge in [0.25, 0.3) is 5.95 Å². The Bertz CT molecular complexity index is 111. The lowest BCUT2D eigenvalue weighted by molar-refractivity contribution is -0.116. The maximum atomic E-state index is 10.1. The van der Waals surface area contributed by atoms with Crippen molar-refractivity contribution in [3.8, 4) is 0 Å². The van der Waals surface area contributed by atoms with Gasteiger partial charge < -0.3 is 10.2 Å². The molecule has 0 unspecified atom stereocenters. The largest absolute Gasteiger partial charge is 0.481 e. The summed E-state index contributed by atoms with van der Waals surface area (Å²) in [7, 11) is 0. The van der Waals surface area contributed by atoms with Gasteiger partial charge in [0.05, 0.1) is 0 Å². The van der Waals surface area contributed by atoms with Gasteiger partial charge in [-0.25, -0.2) is 0 Å². The van der Waals surface area contributed by atoms with Gasteiger partial charge in [0.2, 0.25) is 0 Å². The van der Waals surface area contributed by atoms with E-state index >= 15 is 0 Å². The van der Waals surface area contributed by atoms with E-state index < -0.39 is 5.95 Å². The molecule has 2 N–H and O–H groups in total. The SMILES string of the molecule is CC(=O)CC=C(O)O. The third kappa shape index (κ3) is 5.01. The van der Waals surface area contributed by atoms with Gasteiger partial charge in [0.1, 0.15) is 5.78 Å². The first-order valence-corrected chi connectivity index (χ1v) is 2.20. The van der Waals surface area contributed by atoms with E-state index in [1.54, 1.807) is 0 Å². The molecule has 0 atom stereocenters. The van der Waals surface area contributed by atoms with E-state index in [9.17, 15) is 4.79 Å². The highest BCUT2D eigenvalue weighted by Crippen LogP contribution is 1.86. The fourth-order valence-electron chi connectivity index (χ4n) is 0.235. The Morgan fingerprint density at radius 3 is 2.25 bits per heavy atom. The first-order valence-electron chi connectivity index (χ1n) is 2.20. The maximum absolute atomic E-state index is 10.1. The van der Waals surface area contributed by atoms with Crippen molar-refractivity contribution >= 4 is 5.78 Å². The molecule has 0 aliphatic heterocycles.